The second-order valence-electron chi connectivity index (χ2n) is 3.76. The maximum atomic E-state index is 10.9. The molecule has 1 aromatic carbocycles. The van der Waals surface area contributed by atoms with E-state index in [1.807, 2.05) is 30.3 Å². The van der Waals surface area contributed by atoms with Crippen LogP contribution in [-0.4, -0.2) is 31.3 Å². The van der Waals surface area contributed by atoms with Crippen LogP contribution in [0.15, 0.2) is 51.8 Å². The lowest BCUT2D eigenvalue weighted by atomic mass is 10.3. The van der Waals surface area contributed by atoms with Crippen LogP contribution in [0, 0.1) is 0 Å². The van der Waals surface area contributed by atoms with Crippen LogP contribution in [0.4, 0.5) is 0 Å². The van der Waals surface area contributed by atoms with E-state index in [4.69, 9.17) is 5.11 Å². The van der Waals surface area contributed by atoms with Crippen LogP contribution < -0.4 is 0 Å². The van der Waals surface area contributed by atoms with Crippen molar-refractivity contribution in [3.8, 4) is 5.69 Å². The number of aromatic carboxylic acids is 1. The molecule has 6 nitrogen and oxygen atoms in total. The number of para-hydroxylation sites is 1. The van der Waals surface area contributed by atoms with E-state index >= 15 is 0 Å². The molecule has 20 heavy (non-hydrogen) atoms. The molecule has 0 bridgehead atoms. The molecule has 2 aromatic heterocycles. The van der Waals surface area contributed by atoms with Gasteiger partial charge in [-0.15, -0.1) is 16.4 Å². The summed E-state index contributed by atoms with van der Waals surface area (Å²) in [4.78, 5) is 12.0. The van der Waals surface area contributed by atoms with Gasteiger partial charge in [0.15, 0.2) is 0 Å². The van der Waals surface area contributed by atoms with Crippen molar-refractivity contribution >= 4 is 29.1 Å². The molecule has 0 saturated heterocycles. The molecule has 1 N–H and O–H groups in total. The highest BCUT2D eigenvalue weighted by Crippen LogP contribution is 2.30. The first kappa shape index (κ1) is 12.8. The van der Waals surface area contributed by atoms with E-state index in [9.17, 15) is 4.79 Å². The average molecular weight is 304 g/mol. The molecule has 0 amide bonds. The zero-order valence-electron chi connectivity index (χ0n) is 10.0. The largest absolute Gasteiger partial charge is 0.477 e. The van der Waals surface area contributed by atoms with Crippen LogP contribution in [0.3, 0.4) is 0 Å². The van der Waals surface area contributed by atoms with E-state index < -0.39 is 5.97 Å². The minimum atomic E-state index is -0.926. The summed E-state index contributed by atoms with van der Waals surface area (Å²) in [7, 11) is 0. The second-order valence-corrected chi connectivity index (χ2v) is 5.71. The third-order valence-electron chi connectivity index (χ3n) is 2.44. The number of carboxylic acids is 1. The lowest BCUT2D eigenvalue weighted by Gasteiger charge is -2.02. The Morgan fingerprint density at radius 2 is 2.10 bits per heavy atom. The Morgan fingerprint density at radius 1 is 1.30 bits per heavy atom. The first-order valence-corrected chi connectivity index (χ1v) is 7.27. The summed E-state index contributed by atoms with van der Waals surface area (Å²) < 4.78 is 1.61. The zero-order valence-corrected chi connectivity index (χ0v) is 11.6. The van der Waals surface area contributed by atoms with Crippen LogP contribution in [0.25, 0.3) is 5.69 Å². The van der Waals surface area contributed by atoms with Gasteiger partial charge in [-0.1, -0.05) is 18.2 Å². The molecule has 0 unspecified atom stereocenters. The number of nitrogens with zero attached hydrogens (tertiary/aromatic N) is 4. The van der Waals surface area contributed by atoms with Crippen molar-refractivity contribution in [2.24, 2.45) is 0 Å². The average Bonchev–Trinajstić information content (AvgIpc) is 3.09. The number of aromatic nitrogens is 4. The summed E-state index contributed by atoms with van der Waals surface area (Å²) in [6.45, 7) is 0. The van der Waals surface area contributed by atoms with Crippen LogP contribution in [-0.2, 0) is 0 Å². The summed E-state index contributed by atoms with van der Waals surface area (Å²) >= 11 is 2.51. The summed E-state index contributed by atoms with van der Waals surface area (Å²) in [5.74, 6) is -0.926. The van der Waals surface area contributed by atoms with Crippen LogP contribution >= 0.6 is 23.1 Å². The summed E-state index contributed by atoms with van der Waals surface area (Å²) in [5, 5.41) is 22.9. The van der Waals surface area contributed by atoms with E-state index in [-0.39, 0.29) is 0 Å². The van der Waals surface area contributed by atoms with Crippen molar-refractivity contribution in [2.45, 2.75) is 10.1 Å². The third-order valence-corrected chi connectivity index (χ3v) is 4.41. The number of carboxylic acid groups (broad SMARTS) is 1. The fourth-order valence-electron chi connectivity index (χ4n) is 1.56. The van der Waals surface area contributed by atoms with E-state index in [0.29, 0.717) is 10.0 Å². The molecular weight excluding hydrogens is 296 g/mol. The van der Waals surface area contributed by atoms with Gasteiger partial charge in [-0.3, -0.25) is 0 Å². The molecule has 0 aliphatic carbocycles. The summed E-state index contributed by atoms with van der Waals surface area (Å²) in [6, 6.07) is 11.1. The maximum Gasteiger partial charge on any atom is 0.345 e. The molecule has 3 aromatic rings. The van der Waals surface area contributed by atoms with E-state index in [1.165, 1.54) is 23.1 Å². The molecular formula is C12H8N4O2S2. The van der Waals surface area contributed by atoms with Crippen molar-refractivity contribution in [1.82, 2.24) is 20.2 Å². The standard InChI is InChI=1S/C12H8N4O2S2/c17-11(18)10-6-9(7-19-10)20-12-13-14-15-16(12)8-4-2-1-3-5-8/h1-7H,(H,17,18). The fourth-order valence-corrected chi connectivity index (χ4v) is 3.28. The molecule has 0 fully saturated rings. The molecule has 0 aliphatic rings. The number of carbonyl (C=O) groups is 1. The first-order valence-electron chi connectivity index (χ1n) is 5.57. The Morgan fingerprint density at radius 3 is 2.80 bits per heavy atom. The molecule has 0 radical (unpaired) electrons. The predicted molar refractivity (Wildman–Crippen MR) is 74.6 cm³/mol. The lowest BCUT2D eigenvalue weighted by Crippen LogP contribution is -1.98. The van der Waals surface area contributed by atoms with Gasteiger partial charge in [0.2, 0.25) is 5.16 Å². The molecule has 8 heteroatoms. The van der Waals surface area contributed by atoms with Crippen molar-refractivity contribution in [2.75, 3.05) is 0 Å². The maximum absolute atomic E-state index is 10.9. The van der Waals surface area contributed by atoms with Crippen molar-refractivity contribution in [1.29, 1.82) is 0 Å². The van der Waals surface area contributed by atoms with Crippen molar-refractivity contribution in [3.63, 3.8) is 0 Å². The zero-order chi connectivity index (χ0) is 13.9. The highest BCUT2D eigenvalue weighted by atomic mass is 32.2. The first-order chi connectivity index (χ1) is 9.74. The Kier molecular flexibility index (Phi) is 3.48. The number of thiophene rings is 1. The van der Waals surface area contributed by atoms with Gasteiger partial charge in [-0.05, 0) is 40.4 Å². The number of benzene rings is 1. The number of hydrogen-bond acceptors (Lipinski definition) is 6. The molecule has 100 valence electrons. The molecule has 0 atom stereocenters. The Hall–Kier alpha value is -2.19. The SMILES string of the molecule is O=C(O)c1cc(Sc2nnnn2-c2ccccc2)cs1. The quantitative estimate of drug-likeness (QED) is 0.798. The number of tetrazole rings is 1. The van der Waals surface area contributed by atoms with Gasteiger partial charge in [0.05, 0.1) is 5.69 Å². The smallest absolute Gasteiger partial charge is 0.345 e. The van der Waals surface area contributed by atoms with Gasteiger partial charge in [0.1, 0.15) is 4.88 Å². The monoisotopic (exact) mass is 304 g/mol. The van der Waals surface area contributed by atoms with Crippen LogP contribution in [0.5, 0.6) is 0 Å². The Balaban J connectivity index is 1.88. The van der Waals surface area contributed by atoms with Crippen molar-refractivity contribution in [3.05, 3.63) is 46.7 Å². The summed E-state index contributed by atoms with van der Waals surface area (Å²) in [5.41, 5.74) is 0.855. The van der Waals surface area contributed by atoms with Gasteiger partial charge in [-0.25, -0.2) is 4.79 Å². The Labute approximate surface area is 122 Å². The topological polar surface area (TPSA) is 80.9 Å². The summed E-state index contributed by atoms with van der Waals surface area (Å²) in [6.07, 6.45) is 0. The highest BCUT2D eigenvalue weighted by Gasteiger charge is 2.13. The van der Waals surface area contributed by atoms with E-state index in [0.717, 1.165) is 10.6 Å². The van der Waals surface area contributed by atoms with Crippen LogP contribution in [0.1, 0.15) is 9.67 Å². The number of hydrogen-bond donors (Lipinski definition) is 1. The molecule has 2 heterocycles. The van der Waals surface area contributed by atoms with Gasteiger partial charge >= 0.3 is 5.97 Å². The molecule has 0 aliphatic heterocycles. The minimum absolute atomic E-state index is 0.297. The normalized spacial score (nSPS) is 10.6. The van der Waals surface area contributed by atoms with Gasteiger partial charge in [0, 0.05) is 10.3 Å². The number of rotatable bonds is 4. The van der Waals surface area contributed by atoms with E-state index in [1.54, 1.807) is 16.1 Å². The lowest BCUT2D eigenvalue weighted by molar-refractivity contribution is 0.0702. The van der Waals surface area contributed by atoms with E-state index in [2.05, 4.69) is 15.5 Å². The highest BCUT2D eigenvalue weighted by molar-refractivity contribution is 7.99. The minimum Gasteiger partial charge on any atom is -0.477 e. The molecule has 0 spiro atoms. The van der Waals surface area contributed by atoms with Crippen molar-refractivity contribution < 1.29 is 9.90 Å². The van der Waals surface area contributed by atoms with Gasteiger partial charge in [0.25, 0.3) is 0 Å². The third kappa shape index (κ3) is 2.56. The predicted octanol–water partition coefficient (Wildman–Crippen LogP) is 2.57. The fraction of sp³-hybridized carbons (Fsp3) is 0. The van der Waals surface area contributed by atoms with Gasteiger partial charge < -0.3 is 5.11 Å². The Bertz CT molecular complexity index is 739. The van der Waals surface area contributed by atoms with Gasteiger partial charge in [-0.2, -0.15) is 4.68 Å². The molecule has 0 saturated carbocycles. The second kappa shape index (κ2) is 5.43. The molecule has 3 rings (SSSR count). The van der Waals surface area contributed by atoms with Crippen LogP contribution in [0.2, 0.25) is 0 Å².